The zero-order chi connectivity index (χ0) is 22.0. The molecule has 8 heteroatoms. The number of rotatable bonds is 6. The summed E-state index contributed by atoms with van der Waals surface area (Å²) in [6, 6.07) is 14.9. The van der Waals surface area contributed by atoms with Crippen LogP contribution < -0.4 is 10.6 Å². The van der Waals surface area contributed by atoms with E-state index in [-0.39, 0.29) is 5.91 Å². The zero-order valence-corrected chi connectivity index (χ0v) is 18.4. The molecule has 2 N–H and O–H groups in total. The lowest BCUT2D eigenvalue weighted by Gasteiger charge is -2.10. The maximum atomic E-state index is 12.3. The standard InChI is InChI=1S/C23H23ClN6O/c1-14-6-4-5-7-19(14)30-22-20(15(2)29-30)21(27-16(3)28-22)25-12-13-26-23(31)17-8-10-18(24)11-9-17/h4-11H,12-13H2,1-3H3,(H,26,31)(H,25,27,28). The molecule has 0 bridgehead atoms. The van der Waals surface area contributed by atoms with Crippen LogP contribution in [0.2, 0.25) is 5.02 Å². The third-order valence-corrected chi connectivity index (χ3v) is 5.22. The maximum absolute atomic E-state index is 12.3. The third kappa shape index (κ3) is 4.36. The Morgan fingerprint density at radius 3 is 2.48 bits per heavy atom. The summed E-state index contributed by atoms with van der Waals surface area (Å²) in [6.45, 7) is 6.81. The van der Waals surface area contributed by atoms with Gasteiger partial charge in [-0.1, -0.05) is 29.8 Å². The monoisotopic (exact) mass is 434 g/mol. The van der Waals surface area contributed by atoms with E-state index in [9.17, 15) is 4.79 Å². The average Bonchev–Trinajstić information content (AvgIpc) is 3.07. The molecule has 0 aliphatic rings. The number of para-hydroxylation sites is 1. The Bertz CT molecular complexity index is 1250. The molecule has 158 valence electrons. The number of nitrogens with zero attached hydrogens (tertiary/aromatic N) is 4. The number of hydrogen-bond acceptors (Lipinski definition) is 5. The van der Waals surface area contributed by atoms with Crippen LogP contribution >= 0.6 is 11.6 Å². The molecule has 4 aromatic rings. The van der Waals surface area contributed by atoms with Gasteiger partial charge in [0.15, 0.2) is 5.65 Å². The van der Waals surface area contributed by atoms with E-state index in [0.29, 0.717) is 35.3 Å². The molecule has 0 radical (unpaired) electrons. The Morgan fingerprint density at radius 2 is 1.74 bits per heavy atom. The van der Waals surface area contributed by atoms with E-state index < -0.39 is 0 Å². The number of halogens is 1. The molecule has 0 fully saturated rings. The Balaban J connectivity index is 1.52. The fraction of sp³-hybridized carbons (Fsp3) is 0.217. The van der Waals surface area contributed by atoms with Crippen molar-refractivity contribution in [2.24, 2.45) is 0 Å². The number of fused-ring (bicyclic) bond motifs is 1. The number of nitrogens with one attached hydrogen (secondary N) is 2. The summed E-state index contributed by atoms with van der Waals surface area (Å²) in [4.78, 5) is 21.5. The van der Waals surface area contributed by atoms with Gasteiger partial charge in [-0.05, 0) is 56.7 Å². The minimum atomic E-state index is -0.147. The molecule has 1 amide bonds. The smallest absolute Gasteiger partial charge is 0.251 e. The van der Waals surface area contributed by atoms with Gasteiger partial charge in [0.25, 0.3) is 5.91 Å². The molecule has 0 aliphatic heterocycles. The van der Waals surface area contributed by atoms with E-state index in [1.54, 1.807) is 24.3 Å². The molecule has 0 aliphatic carbocycles. The van der Waals surface area contributed by atoms with Gasteiger partial charge in [-0.25, -0.2) is 14.6 Å². The van der Waals surface area contributed by atoms with Gasteiger partial charge in [-0.2, -0.15) is 5.10 Å². The van der Waals surface area contributed by atoms with Gasteiger partial charge < -0.3 is 10.6 Å². The highest BCUT2D eigenvalue weighted by molar-refractivity contribution is 6.30. The van der Waals surface area contributed by atoms with Crippen molar-refractivity contribution in [3.05, 3.63) is 76.2 Å². The number of aromatic nitrogens is 4. The van der Waals surface area contributed by atoms with E-state index >= 15 is 0 Å². The first-order valence-electron chi connectivity index (χ1n) is 10.0. The molecule has 7 nitrogen and oxygen atoms in total. The molecular formula is C23H23ClN6O. The second-order valence-electron chi connectivity index (χ2n) is 7.29. The predicted molar refractivity (Wildman–Crippen MR) is 123 cm³/mol. The van der Waals surface area contributed by atoms with Gasteiger partial charge in [-0.3, -0.25) is 4.79 Å². The molecule has 0 spiro atoms. The van der Waals surface area contributed by atoms with Crippen LogP contribution in [0.25, 0.3) is 16.7 Å². The van der Waals surface area contributed by atoms with Crippen molar-refractivity contribution in [2.75, 3.05) is 18.4 Å². The molecule has 2 aromatic carbocycles. The number of aryl methyl sites for hydroxylation is 3. The quantitative estimate of drug-likeness (QED) is 0.443. The summed E-state index contributed by atoms with van der Waals surface area (Å²) < 4.78 is 1.86. The van der Waals surface area contributed by atoms with Gasteiger partial charge in [0.05, 0.1) is 16.8 Å². The number of carbonyl (C=O) groups is 1. The molecule has 0 saturated carbocycles. The first-order chi connectivity index (χ1) is 14.9. The van der Waals surface area contributed by atoms with E-state index in [0.717, 1.165) is 28.0 Å². The highest BCUT2D eigenvalue weighted by atomic mass is 35.5. The Labute approximate surface area is 185 Å². The summed E-state index contributed by atoms with van der Waals surface area (Å²) in [5.41, 5.74) is 4.26. The second-order valence-corrected chi connectivity index (χ2v) is 7.73. The third-order valence-electron chi connectivity index (χ3n) is 4.97. The first kappa shape index (κ1) is 20.8. The zero-order valence-electron chi connectivity index (χ0n) is 17.6. The summed E-state index contributed by atoms with van der Waals surface area (Å²) in [5, 5.41) is 12.4. The molecule has 2 aromatic heterocycles. The predicted octanol–water partition coefficient (Wildman–Crippen LogP) is 4.24. The van der Waals surface area contributed by atoms with Crippen molar-refractivity contribution in [1.29, 1.82) is 0 Å². The lowest BCUT2D eigenvalue weighted by molar-refractivity contribution is 0.0955. The number of anilines is 1. The highest BCUT2D eigenvalue weighted by Crippen LogP contribution is 2.27. The molecule has 0 unspecified atom stereocenters. The van der Waals surface area contributed by atoms with Crippen molar-refractivity contribution in [2.45, 2.75) is 20.8 Å². The molecule has 31 heavy (non-hydrogen) atoms. The van der Waals surface area contributed by atoms with E-state index in [1.165, 1.54) is 0 Å². The largest absolute Gasteiger partial charge is 0.368 e. The van der Waals surface area contributed by atoms with Crippen LogP contribution in [0, 0.1) is 20.8 Å². The Morgan fingerprint density at radius 1 is 1.00 bits per heavy atom. The van der Waals surface area contributed by atoms with Crippen LogP contribution in [-0.4, -0.2) is 38.7 Å². The lowest BCUT2D eigenvalue weighted by Crippen LogP contribution is -2.28. The summed E-state index contributed by atoms with van der Waals surface area (Å²) in [7, 11) is 0. The van der Waals surface area contributed by atoms with Gasteiger partial charge in [0, 0.05) is 23.7 Å². The number of carbonyl (C=O) groups excluding carboxylic acids is 1. The van der Waals surface area contributed by atoms with Crippen LogP contribution in [0.1, 0.15) is 27.4 Å². The topological polar surface area (TPSA) is 84.7 Å². The number of amides is 1. The van der Waals surface area contributed by atoms with E-state index in [4.69, 9.17) is 16.7 Å². The molecule has 2 heterocycles. The van der Waals surface area contributed by atoms with Crippen LogP contribution in [0.15, 0.2) is 48.5 Å². The van der Waals surface area contributed by atoms with E-state index in [2.05, 4.69) is 33.6 Å². The normalized spacial score (nSPS) is 11.0. The minimum Gasteiger partial charge on any atom is -0.368 e. The van der Waals surface area contributed by atoms with Crippen molar-refractivity contribution in [1.82, 2.24) is 25.1 Å². The van der Waals surface area contributed by atoms with Crippen LogP contribution in [0.4, 0.5) is 5.82 Å². The maximum Gasteiger partial charge on any atom is 0.251 e. The Kier molecular flexibility index (Phi) is 5.86. The van der Waals surface area contributed by atoms with E-state index in [1.807, 2.05) is 36.7 Å². The summed E-state index contributed by atoms with van der Waals surface area (Å²) in [5.74, 6) is 1.21. The van der Waals surface area contributed by atoms with Crippen molar-refractivity contribution in [3.8, 4) is 5.69 Å². The molecule has 0 saturated heterocycles. The molecule has 4 rings (SSSR count). The summed E-state index contributed by atoms with van der Waals surface area (Å²) >= 11 is 5.87. The fourth-order valence-electron chi connectivity index (χ4n) is 3.45. The van der Waals surface area contributed by atoms with Gasteiger partial charge in [-0.15, -0.1) is 0 Å². The molecular weight excluding hydrogens is 412 g/mol. The highest BCUT2D eigenvalue weighted by Gasteiger charge is 2.17. The number of benzene rings is 2. The number of hydrogen-bond donors (Lipinski definition) is 2. The fourth-order valence-corrected chi connectivity index (χ4v) is 3.57. The summed E-state index contributed by atoms with van der Waals surface area (Å²) in [6.07, 6.45) is 0. The second kappa shape index (κ2) is 8.73. The SMILES string of the molecule is Cc1nc(NCCNC(=O)c2ccc(Cl)cc2)c2c(C)nn(-c3ccccc3C)c2n1. The van der Waals surface area contributed by atoms with Crippen LogP contribution in [0.5, 0.6) is 0 Å². The first-order valence-corrected chi connectivity index (χ1v) is 10.4. The van der Waals surface area contributed by atoms with Crippen LogP contribution in [-0.2, 0) is 0 Å². The van der Waals surface area contributed by atoms with Gasteiger partial charge >= 0.3 is 0 Å². The van der Waals surface area contributed by atoms with Crippen LogP contribution in [0.3, 0.4) is 0 Å². The minimum absolute atomic E-state index is 0.147. The van der Waals surface area contributed by atoms with Gasteiger partial charge in [0.1, 0.15) is 11.6 Å². The average molecular weight is 435 g/mol. The van der Waals surface area contributed by atoms with Gasteiger partial charge in [0.2, 0.25) is 0 Å². The Hall–Kier alpha value is -3.45. The molecule has 0 atom stereocenters. The lowest BCUT2D eigenvalue weighted by atomic mass is 10.2. The van der Waals surface area contributed by atoms with Crippen molar-refractivity contribution < 1.29 is 4.79 Å². The van der Waals surface area contributed by atoms with Crippen molar-refractivity contribution in [3.63, 3.8) is 0 Å². The van der Waals surface area contributed by atoms with Crippen molar-refractivity contribution >= 4 is 34.4 Å².